The van der Waals surface area contributed by atoms with E-state index in [1.807, 2.05) is 0 Å². The van der Waals surface area contributed by atoms with Gasteiger partial charge in [0, 0.05) is 21.0 Å². The van der Waals surface area contributed by atoms with Crippen LogP contribution in [0.2, 0.25) is 0 Å². The molecule has 0 aliphatic rings. The molecule has 0 fully saturated rings. The first-order valence-corrected chi connectivity index (χ1v) is 5.44. The molecule has 8 heteroatoms. The zero-order valence-corrected chi connectivity index (χ0v) is 11.1. The van der Waals surface area contributed by atoms with Crippen molar-refractivity contribution in [1.29, 1.82) is 0 Å². The highest BCUT2D eigenvalue weighted by Gasteiger charge is 2.16. The number of carbonyl (C=O) groups excluding carboxylic acids is 2. The van der Waals surface area contributed by atoms with Crippen molar-refractivity contribution in [3.8, 4) is 0 Å². The lowest BCUT2D eigenvalue weighted by Gasteiger charge is -2.12. The van der Waals surface area contributed by atoms with E-state index >= 15 is 0 Å². The summed E-state index contributed by atoms with van der Waals surface area (Å²) < 4.78 is 0. The molecule has 1 atom stereocenters. The third-order valence-corrected chi connectivity index (χ3v) is 2.00. The first-order valence-electron chi connectivity index (χ1n) is 5.44. The minimum Gasteiger partial charge on any atom is -0.369 e. The molecule has 0 aromatic carbocycles. The minimum absolute atomic E-state index is 0.136. The predicted octanol–water partition coefficient (Wildman–Crippen LogP) is -1.38. The van der Waals surface area contributed by atoms with Crippen LogP contribution in [0.4, 0.5) is 0 Å². The maximum Gasteiger partial charge on any atom is 0.271 e. The van der Waals surface area contributed by atoms with Crippen LogP contribution in [0.5, 0.6) is 0 Å². The fourth-order valence-corrected chi connectivity index (χ4v) is 1.02. The molecule has 0 saturated heterocycles. The summed E-state index contributed by atoms with van der Waals surface area (Å²) in [5.74, 6) is -0.965. The number of nitrogens with zero attached hydrogens (tertiary/aromatic N) is 3. The fourth-order valence-electron chi connectivity index (χ4n) is 1.02. The zero-order chi connectivity index (χ0) is 14.3. The molecular formula is C10H20N6O2. The van der Waals surface area contributed by atoms with E-state index in [0.717, 1.165) is 0 Å². The number of amides is 2. The Morgan fingerprint density at radius 3 is 2.22 bits per heavy atom. The van der Waals surface area contributed by atoms with Crippen molar-refractivity contribution in [3.63, 3.8) is 0 Å². The van der Waals surface area contributed by atoms with E-state index in [4.69, 9.17) is 11.5 Å². The van der Waals surface area contributed by atoms with Crippen molar-refractivity contribution in [3.05, 3.63) is 0 Å². The molecule has 0 aliphatic carbocycles. The van der Waals surface area contributed by atoms with Gasteiger partial charge in [-0.05, 0) is 6.42 Å². The lowest BCUT2D eigenvalue weighted by Crippen LogP contribution is -2.39. The van der Waals surface area contributed by atoms with E-state index in [-0.39, 0.29) is 17.8 Å². The standard InChI is InChI=1S/C10H20N6O2/c1-5-7(13-6(2)17)8(18)14-9(11)15-10(12)16(3)4/h7H,5H2,1-4H3,(H,13,17)(H4,11,12,14,15,18). The van der Waals surface area contributed by atoms with Crippen molar-refractivity contribution >= 4 is 23.7 Å². The van der Waals surface area contributed by atoms with Crippen LogP contribution in [-0.2, 0) is 9.59 Å². The molecule has 2 amide bonds. The highest BCUT2D eigenvalue weighted by Crippen LogP contribution is 1.95. The molecule has 0 bridgehead atoms. The lowest BCUT2D eigenvalue weighted by molar-refractivity contribution is -0.126. The Kier molecular flexibility index (Phi) is 6.40. The highest BCUT2D eigenvalue weighted by atomic mass is 16.2. The highest BCUT2D eigenvalue weighted by molar-refractivity contribution is 6.00. The number of carbonyl (C=O) groups is 2. The SMILES string of the molecule is CCC(NC(C)=O)C(=O)N=C(N)N=C(N)N(C)C. The molecule has 0 aliphatic heterocycles. The second kappa shape index (κ2) is 7.25. The van der Waals surface area contributed by atoms with Crippen molar-refractivity contribution in [1.82, 2.24) is 10.2 Å². The van der Waals surface area contributed by atoms with Gasteiger partial charge >= 0.3 is 0 Å². The Morgan fingerprint density at radius 2 is 1.83 bits per heavy atom. The summed E-state index contributed by atoms with van der Waals surface area (Å²) in [5.41, 5.74) is 11.0. The van der Waals surface area contributed by atoms with Crippen LogP contribution in [0.25, 0.3) is 0 Å². The van der Waals surface area contributed by atoms with Gasteiger partial charge in [0.25, 0.3) is 5.91 Å². The third-order valence-electron chi connectivity index (χ3n) is 2.00. The molecule has 1 unspecified atom stereocenters. The van der Waals surface area contributed by atoms with E-state index in [1.54, 1.807) is 21.0 Å². The van der Waals surface area contributed by atoms with Crippen LogP contribution in [0.1, 0.15) is 20.3 Å². The molecule has 0 rings (SSSR count). The first-order chi connectivity index (χ1) is 8.27. The van der Waals surface area contributed by atoms with Gasteiger partial charge in [-0.25, -0.2) is 0 Å². The second-order valence-corrected chi connectivity index (χ2v) is 3.83. The Bertz CT molecular complexity index is 375. The number of nitrogens with one attached hydrogen (secondary N) is 1. The summed E-state index contributed by atoms with van der Waals surface area (Å²) in [6, 6.07) is -0.697. The molecule has 0 aromatic heterocycles. The van der Waals surface area contributed by atoms with Gasteiger partial charge in [0.2, 0.25) is 11.9 Å². The average Bonchev–Trinajstić information content (AvgIpc) is 2.24. The number of guanidine groups is 2. The zero-order valence-electron chi connectivity index (χ0n) is 11.1. The monoisotopic (exact) mass is 256 g/mol. The topological polar surface area (TPSA) is 126 Å². The van der Waals surface area contributed by atoms with Crippen LogP contribution in [-0.4, -0.2) is 48.8 Å². The van der Waals surface area contributed by atoms with Crippen LogP contribution < -0.4 is 16.8 Å². The number of hydrogen-bond donors (Lipinski definition) is 3. The number of nitrogens with two attached hydrogens (primary N) is 2. The molecule has 8 nitrogen and oxygen atoms in total. The van der Waals surface area contributed by atoms with E-state index < -0.39 is 11.9 Å². The van der Waals surface area contributed by atoms with Gasteiger partial charge < -0.3 is 21.7 Å². The summed E-state index contributed by atoms with van der Waals surface area (Å²) in [7, 11) is 3.36. The molecular weight excluding hydrogens is 236 g/mol. The van der Waals surface area contributed by atoms with Crippen molar-refractivity contribution < 1.29 is 9.59 Å². The van der Waals surface area contributed by atoms with Crippen molar-refractivity contribution in [2.45, 2.75) is 26.3 Å². The Labute approximate surface area is 106 Å². The van der Waals surface area contributed by atoms with E-state index in [1.165, 1.54) is 11.8 Å². The van der Waals surface area contributed by atoms with Gasteiger partial charge in [0.05, 0.1) is 0 Å². The number of aliphatic imine (C=N–C) groups is 2. The summed E-state index contributed by atoms with van der Waals surface area (Å²) in [4.78, 5) is 31.4. The molecule has 5 N–H and O–H groups in total. The van der Waals surface area contributed by atoms with Gasteiger partial charge in [0.1, 0.15) is 6.04 Å². The average molecular weight is 256 g/mol. The molecule has 0 aromatic rings. The van der Waals surface area contributed by atoms with Gasteiger partial charge in [-0.15, -0.1) is 0 Å². The van der Waals surface area contributed by atoms with Crippen molar-refractivity contribution in [2.24, 2.45) is 21.5 Å². The van der Waals surface area contributed by atoms with Crippen molar-refractivity contribution in [2.75, 3.05) is 14.1 Å². The molecule has 18 heavy (non-hydrogen) atoms. The third kappa shape index (κ3) is 5.83. The quantitative estimate of drug-likeness (QED) is 0.423. The van der Waals surface area contributed by atoms with Gasteiger partial charge in [0.15, 0.2) is 5.96 Å². The summed E-state index contributed by atoms with van der Waals surface area (Å²) in [5, 5.41) is 2.47. The second-order valence-electron chi connectivity index (χ2n) is 3.83. The summed E-state index contributed by atoms with van der Waals surface area (Å²) >= 11 is 0. The van der Waals surface area contributed by atoms with Gasteiger partial charge in [-0.1, -0.05) is 6.92 Å². The largest absolute Gasteiger partial charge is 0.369 e. The van der Waals surface area contributed by atoms with E-state index in [0.29, 0.717) is 6.42 Å². The normalized spacial score (nSPS) is 14.0. The minimum atomic E-state index is -0.697. The predicted molar refractivity (Wildman–Crippen MR) is 69.8 cm³/mol. The van der Waals surface area contributed by atoms with E-state index in [9.17, 15) is 9.59 Å². The van der Waals surface area contributed by atoms with E-state index in [2.05, 4.69) is 15.3 Å². The maximum atomic E-state index is 11.7. The molecule has 0 heterocycles. The summed E-state index contributed by atoms with van der Waals surface area (Å²) in [6.45, 7) is 3.08. The van der Waals surface area contributed by atoms with Crippen LogP contribution in [0, 0.1) is 0 Å². The first kappa shape index (κ1) is 15.9. The molecule has 102 valence electrons. The number of hydrogen-bond acceptors (Lipinski definition) is 2. The van der Waals surface area contributed by atoms with Gasteiger partial charge in [-0.2, -0.15) is 9.98 Å². The van der Waals surface area contributed by atoms with Crippen LogP contribution in [0.3, 0.4) is 0 Å². The molecule has 0 saturated carbocycles. The Hall–Kier alpha value is -2.12. The molecule has 0 radical (unpaired) electrons. The maximum absolute atomic E-state index is 11.7. The van der Waals surface area contributed by atoms with Gasteiger partial charge in [-0.3, -0.25) is 9.59 Å². The Balaban J connectivity index is 4.79. The lowest BCUT2D eigenvalue weighted by atomic mass is 10.2. The summed E-state index contributed by atoms with van der Waals surface area (Å²) in [6.07, 6.45) is 0.419. The fraction of sp³-hybridized carbons (Fsp3) is 0.600. The van der Waals surface area contributed by atoms with Crippen LogP contribution in [0.15, 0.2) is 9.98 Å². The van der Waals surface area contributed by atoms with Crippen LogP contribution >= 0.6 is 0 Å². The Morgan fingerprint density at radius 1 is 1.28 bits per heavy atom. The smallest absolute Gasteiger partial charge is 0.271 e. The number of rotatable bonds is 3. The molecule has 0 spiro atoms.